The van der Waals surface area contributed by atoms with E-state index in [4.69, 9.17) is 4.74 Å². The molecule has 1 heterocycles. The van der Waals surface area contributed by atoms with E-state index in [9.17, 15) is 5.11 Å². The maximum Gasteiger partial charge on any atom is 0.0897 e. The van der Waals surface area contributed by atoms with E-state index < -0.39 is 6.10 Å². The zero-order valence-corrected chi connectivity index (χ0v) is 11.5. The lowest BCUT2D eigenvalue weighted by atomic mass is 10.1. The van der Waals surface area contributed by atoms with Gasteiger partial charge >= 0.3 is 0 Å². The molecule has 1 aromatic rings. The second kappa shape index (κ2) is 7.46. The van der Waals surface area contributed by atoms with Crippen LogP contribution in [0.2, 0.25) is 0 Å². The standard InChI is InChI=1S/C14H24N2O2/c1-14(2,3)16-10-13(17)11-18-9-7-12-6-4-5-8-15-12/h4-6,8,13,16-17H,7,9-11H2,1-3H3. The zero-order chi connectivity index (χ0) is 13.4. The Morgan fingerprint density at radius 3 is 2.78 bits per heavy atom. The van der Waals surface area contributed by atoms with E-state index in [1.807, 2.05) is 18.2 Å². The van der Waals surface area contributed by atoms with Crippen LogP contribution in [0.3, 0.4) is 0 Å². The van der Waals surface area contributed by atoms with Gasteiger partial charge in [-0.05, 0) is 32.9 Å². The molecule has 0 aliphatic rings. The maximum absolute atomic E-state index is 9.71. The van der Waals surface area contributed by atoms with Gasteiger partial charge in [0.05, 0.1) is 19.3 Å². The minimum Gasteiger partial charge on any atom is -0.389 e. The number of nitrogens with zero attached hydrogens (tertiary/aromatic N) is 1. The molecule has 1 atom stereocenters. The van der Waals surface area contributed by atoms with E-state index in [1.165, 1.54) is 0 Å². The van der Waals surface area contributed by atoms with E-state index in [0.717, 1.165) is 12.1 Å². The summed E-state index contributed by atoms with van der Waals surface area (Å²) in [6, 6.07) is 5.83. The number of aliphatic hydroxyl groups excluding tert-OH is 1. The predicted molar refractivity (Wildman–Crippen MR) is 72.5 cm³/mol. The Bertz CT molecular complexity index is 322. The molecule has 4 nitrogen and oxygen atoms in total. The van der Waals surface area contributed by atoms with Gasteiger partial charge in [-0.2, -0.15) is 0 Å². The van der Waals surface area contributed by atoms with Crippen LogP contribution in [0.15, 0.2) is 24.4 Å². The molecule has 0 saturated heterocycles. The molecule has 0 aromatic carbocycles. The molecule has 1 aromatic heterocycles. The third-order valence-electron chi connectivity index (χ3n) is 2.41. The van der Waals surface area contributed by atoms with Crippen LogP contribution in [0.4, 0.5) is 0 Å². The summed E-state index contributed by atoms with van der Waals surface area (Å²) in [5, 5.41) is 12.9. The fourth-order valence-electron chi connectivity index (χ4n) is 1.43. The molecule has 1 unspecified atom stereocenters. The third kappa shape index (κ3) is 7.37. The van der Waals surface area contributed by atoms with Crippen molar-refractivity contribution in [2.24, 2.45) is 0 Å². The van der Waals surface area contributed by atoms with E-state index >= 15 is 0 Å². The number of hydrogen-bond acceptors (Lipinski definition) is 4. The molecular formula is C14H24N2O2. The Balaban J connectivity index is 2.07. The van der Waals surface area contributed by atoms with Gasteiger partial charge < -0.3 is 15.2 Å². The van der Waals surface area contributed by atoms with E-state index in [-0.39, 0.29) is 5.54 Å². The lowest BCUT2D eigenvalue weighted by Gasteiger charge is -2.22. The normalized spacial score (nSPS) is 13.6. The van der Waals surface area contributed by atoms with E-state index in [1.54, 1.807) is 6.20 Å². The van der Waals surface area contributed by atoms with Gasteiger partial charge in [0.2, 0.25) is 0 Å². The van der Waals surface area contributed by atoms with Gasteiger partial charge in [0, 0.05) is 30.4 Å². The number of aliphatic hydroxyl groups is 1. The molecule has 0 radical (unpaired) electrons. The predicted octanol–water partition coefficient (Wildman–Crippen LogP) is 1.39. The second-order valence-corrected chi connectivity index (χ2v) is 5.43. The van der Waals surface area contributed by atoms with E-state index in [2.05, 4.69) is 31.1 Å². The highest BCUT2D eigenvalue weighted by molar-refractivity contribution is 5.03. The van der Waals surface area contributed by atoms with Crippen LogP contribution in [0.25, 0.3) is 0 Å². The minimum absolute atomic E-state index is 0.0228. The van der Waals surface area contributed by atoms with Crippen LogP contribution in [0.5, 0.6) is 0 Å². The minimum atomic E-state index is -0.465. The van der Waals surface area contributed by atoms with Gasteiger partial charge in [0.25, 0.3) is 0 Å². The fourth-order valence-corrected chi connectivity index (χ4v) is 1.43. The lowest BCUT2D eigenvalue weighted by Crippen LogP contribution is -2.42. The SMILES string of the molecule is CC(C)(C)NCC(O)COCCc1ccccn1. The molecule has 2 N–H and O–H groups in total. The Kier molecular flexibility index (Phi) is 6.25. The number of pyridine rings is 1. The van der Waals surface area contributed by atoms with Gasteiger partial charge in [-0.3, -0.25) is 4.98 Å². The Labute approximate surface area is 109 Å². The van der Waals surface area contributed by atoms with Crippen molar-refractivity contribution >= 4 is 0 Å². The smallest absolute Gasteiger partial charge is 0.0897 e. The summed E-state index contributed by atoms with van der Waals surface area (Å²) in [5.41, 5.74) is 1.04. The average molecular weight is 252 g/mol. The summed E-state index contributed by atoms with van der Waals surface area (Å²) in [6.45, 7) is 7.71. The molecule has 0 spiro atoms. The highest BCUT2D eigenvalue weighted by Crippen LogP contribution is 1.99. The number of hydrogen-bond donors (Lipinski definition) is 2. The van der Waals surface area contributed by atoms with Crippen LogP contribution in [-0.2, 0) is 11.2 Å². The first-order valence-electron chi connectivity index (χ1n) is 6.38. The van der Waals surface area contributed by atoms with Crippen LogP contribution in [0.1, 0.15) is 26.5 Å². The van der Waals surface area contributed by atoms with Crippen molar-refractivity contribution < 1.29 is 9.84 Å². The highest BCUT2D eigenvalue weighted by Gasteiger charge is 2.11. The molecule has 0 fully saturated rings. The van der Waals surface area contributed by atoms with Crippen molar-refractivity contribution in [2.75, 3.05) is 19.8 Å². The monoisotopic (exact) mass is 252 g/mol. The van der Waals surface area contributed by atoms with Crippen LogP contribution < -0.4 is 5.32 Å². The molecule has 0 bridgehead atoms. The Morgan fingerprint density at radius 2 is 2.17 bits per heavy atom. The largest absolute Gasteiger partial charge is 0.389 e. The quantitative estimate of drug-likeness (QED) is 0.720. The van der Waals surface area contributed by atoms with Gasteiger partial charge in [-0.1, -0.05) is 6.07 Å². The van der Waals surface area contributed by atoms with Crippen molar-refractivity contribution in [2.45, 2.75) is 38.8 Å². The zero-order valence-electron chi connectivity index (χ0n) is 11.5. The van der Waals surface area contributed by atoms with Gasteiger partial charge in [-0.15, -0.1) is 0 Å². The van der Waals surface area contributed by atoms with Crippen molar-refractivity contribution in [1.29, 1.82) is 0 Å². The molecule has 1 rings (SSSR count). The Morgan fingerprint density at radius 1 is 1.39 bits per heavy atom. The molecular weight excluding hydrogens is 228 g/mol. The number of nitrogens with one attached hydrogen (secondary N) is 1. The molecule has 0 amide bonds. The first-order valence-corrected chi connectivity index (χ1v) is 6.38. The summed E-state index contributed by atoms with van der Waals surface area (Å²) in [5.74, 6) is 0. The lowest BCUT2D eigenvalue weighted by molar-refractivity contribution is 0.0351. The van der Waals surface area contributed by atoms with Crippen molar-refractivity contribution in [3.63, 3.8) is 0 Å². The summed E-state index contributed by atoms with van der Waals surface area (Å²) in [4.78, 5) is 4.21. The summed E-state index contributed by atoms with van der Waals surface area (Å²) >= 11 is 0. The summed E-state index contributed by atoms with van der Waals surface area (Å²) in [7, 11) is 0. The first-order chi connectivity index (χ1) is 8.47. The van der Waals surface area contributed by atoms with E-state index in [0.29, 0.717) is 19.8 Å². The van der Waals surface area contributed by atoms with Crippen molar-refractivity contribution in [1.82, 2.24) is 10.3 Å². The molecule has 0 saturated carbocycles. The molecule has 0 aliphatic heterocycles. The number of aromatic nitrogens is 1. The van der Waals surface area contributed by atoms with Crippen molar-refractivity contribution in [3.8, 4) is 0 Å². The second-order valence-electron chi connectivity index (χ2n) is 5.43. The number of rotatable bonds is 7. The topological polar surface area (TPSA) is 54.4 Å². The average Bonchev–Trinajstić information content (AvgIpc) is 2.33. The number of ether oxygens (including phenoxy) is 1. The van der Waals surface area contributed by atoms with Crippen LogP contribution in [-0.4, -0.2) is 41.5 Å². The van der Waals surface area contributed by atoms with Crippen LogP contribution in [0, 0.1) is 0 Å². The number of β-amino-alcohol motifs (C(OH)–C–C–N with tert-alkyl or cyclic N) is 1. The highest BCUT2D eigenvalue weighted by atomic mass is 16.5. The third-order valence-corrected chi connectivity index (χ3v) is 2.41. The van der Waals surface area contributed by atoms with Crippen molar-refractivity contribution in [3.05, 3.63) is 30.1 Å². The molecule has 0 aliphatic carbocycles. The van der Waals surface area contributed by atoms with Crippen LogP contribution >= 0.6 is 0 Å². The van der Waals surface area contributed by atoms with Gasteiger partial charge in [-0.25, -0.2) is 0 Å². The Hall–Kier alpha value is -0.970. The summed E-state index contributed by atoms with van der Waals surface area (Å²) < 4.78 is 5.43. The molecule has 4 heteroatoms. The fraction of sp³-hybridized carbons (Fsp3) is 0.643. The molecule has 102 valence electrons. The van der Waals surface area contributed by atoms with Gasteiger partial charge in [0.1, 0.15) is 0 Å². The van der Waals surface area contributed by atoms with Gasteiger partial charge in [0.15, 0.2) is 0 Å². The summed E-state index contributed by atoms with van der Waals surface area (Å²) in [6.07, 6.45) is 2.09. The maximum atomic E-state index is 9.71. The first kappa shape index (κ1) is 15.1. The molecule has 18 heavy (non-hydrogen) atoms.